The largest absolute Gasteiger partial charge is 0.494 e. The van der Waals surface area contributed by atoms with E-state index in [1.54, 1.807) is 18.2 Å². The summed E-state index contributed by atoms with van der Waals surface area (Å²) >= 11 is 0. The first-order valence-electron chi connectivity index (χ1n) is 12.4. The van der Waals surface area contributed by atoms with Crippen LogP contribution < -0.4 is 15.6 Å². The van der Waals surface area contributed by atoms with Gasteiger partial charge in [0, 0.05) is 19.0 Å². The summed E-state index contributed by atoms with van der Waals surface area (Å²) in [5, 5.41) is 12.4. The van der Waals surface area contributed by atoms with Gasteiger partial charge in [0.05, 0.1) is 24.1 Å². The van der Waals surface area contributed by atoms with Crippen molar-refractivity contribution in [3.63, 3.8) is 0 Å². The van der Waals surface area contributed by atoms with Crippen molar-refractivity contribution >= 4 is 28.7 Å². The van der Waals surface area contributed by atoms with Crippen LogP contribution in [0.25, 0.3) is 10.9 Å². The highest BCUT2D eigenvalue weighted by atomic mass is 16.5. The third kappa shape index (κ3) is 5.75. The Morgan fingerprint density at radius 3 is 2.74 bits per heavy atom. The molecule has 0 atom stereocenters. The molecule has 184 valence electrons. The number of fused-ring (bicyclic) bond motifs is 2. The number of hydrogen-bond donors (Lipinski definition) is 2. The third-order valence-electron chi connectivity index (χ3n) is 6.71. The summed E-state index contributed by atoms with van der Waals surface area (Å²) in [5.41, 5.74) is 0.274. The maximum absolute atomic E-state index is 12.7. The SMILES string of the molecule is O=C1Cn2c(nc3ccc(OCCCCCCC(=O)N(CCO)C4CCCCC4)cc3c2=O)N1. The van der Waals surface area contributed by atoms with Crippen molar-refractivity contribution in [3.8, 4) is 5.75 Å². The summed E-state index contributed by atoms with van der Waals surface area (Å²) in [5.74, 6) is 0.809. The highest BCUT2D eigenvalue weighted by molar-refractivity contribution is 5.94. The number of benzene rings is 1. The fourth-order valence-electron chi connectivity index (χ4n) is 4.92. The Balaban J connectivity index is 1.19. The Morgan fingerprint density at radius 1 is 1.15 bits per heavy atom. The van der Waals surface area contributed by atoms with Gasteiger partial charge in [-0.15, -0.1) is 0 Å². The van der Waals surface area contributed by atoms with Crippen LogP contribution in [-0.4, -0.2) is 57.2 Å². The second-order valence-electron chi connectivity index (χ2n) is 9.17. The minimum Gasteiger partial charge on any atom is -0.494 e. The number of nitrogens with one attached hydrogen (secondary N) is 1. The molecule has 1 fully saturated rings. The van der Waals surface area contributed by atoms with Gasteiger partial charge in [-0.3, -0.25) is 24.3 Å². The molecule has 4 rings (SSSR count). The number of amides is 2. The minimum atomic E-state index is -0.253. The molecule has 9 heteroatoms. The predicted octanol–water partition coefficient (Wildman–Crippen LogP) is 2.83. The van der Waals surface area contributed by atoms with Crippen molar-refractivity contribution in [1.82, 2.24) is 14.5 Å². The van der Waals surface area contributed by atoms with E-state index in [-0.39, 0.29) is 36.5 Å². The van der Waals surface area contributed by atoms with Gasteiger partial charge in [-0.2, -0.15) is 0 Å². The van der Waals surface area contributed by atoms with Crippen LogP contribution in [0.5, 0.6) is 5.75 Å². The van der Waals surface area contributed by atoms with Crippen molar-refractivity contribution < 1.29 is 19.4 Å². The molecule has 0 radical (unpaired) electrons. The summed E-state index contributed by atoms with van der Waals surface area (Å²) in [6.45, 7) is 0.979. The Labute approximate surface area is 199 Å². The van der Waals surface area contributed by atoms with Gasteiger partial charge < -0.3 is 14.7 Å². The van der Waals surface area contributed by atoms with E-state index >= 15 is 0 Å². The van der Waals surface area contributed by atoms with Crippen molar-refractivity contribution in [2.24, 2.45) is 0 Å². The van der Waals surface area contributed by atoms with E-state index < -0.39 is 0 Å². The van der Waals surface area contributed by atoms with Crippen LogP contribution in [0.4, 0.5) is 5.95 Å². The van der Waals surface area contributed by atoms with Crippen LogP contribution in [0.1, 0.15) is 64.2 Å². The van der Waals surface area contributed by atoms with Crippen molar-refractivity contribution in [2.75, 3.05) is 25.1 Å². The molecule has 2 N–H and O–H groups in total. The molecule has 2 aliphatic rings. The smallest absolute Gasteiger partial charge is 0.263 e. The molecule has 2 amide bonds. The maximum atomic E-state index is 12.7. The quantitative estimate of drug-likeness (QED) is 0.488. The van der Waals surface area contributed by atoms with Crippen LogP contribution in [0.2, 0.25) is 0 Å². The minimum absolute atomic E-state index is 0.0108. The monoisotopic (exact) mass is 470 g/mol. The Bertz CT molecular complexity index is 1080. The number of carbonyl (C=O) groups is 2. The molecule has 0 unspecified atom stereocenters. The molecule has 9 nitrogen and oxygen atoms in total. The van der Waals surface area contributed by atoms with Crippen molar-refractivity contribution in [1.29, 1.82) is 0 Å². The normalized spacial score (nSPS) is 15.9. The molecular formula is C25H34N4O5. The van der Waals surface area contributed by atoms with E-state index in [0.29, 0.717) is 42.3 Å². The number of nitrogens with zero attached hydrogens (tertiary/aromatic N) is 3. The van der Waals surface area contributed by atoms with Gasteiger partial charge in [0.1, 0.15) is 12.3 Å². The standard InChI is InChI=1S/C25H34N4O5/c30-14-13-28(18-8-4-3-5-9-18)23(32)10-6-1-2-7-15-34-19-11-12-21-20(16-19)24(33)29-17-22(31)27-25(29)26-21/h11-12,16,18,30H,1-10,13-15,17H2,(H,26,27,31). The van der Waals surface area contributed by atoms with E-state index in [1.165, 1.54) is 23.8 Å². The lowest BCUT2D eigenvalue weighted by atomic mass is 9.94. The lowest BCUT2D eigenvalue weighted by Gasteiger charge is -2.34. The summed E-state index contributed by atoms with van der Waals surface area (Å²) in [7, 11) is 0. The van der Waals surface area contributed by atoms with E-state index in [9.17, 15) is 19.5 Å². The Kier molecular flexibility index (Phi) is 8.16. The molecule has 1 aliphatic heterocycles. The van der Waals surface area contributed by atoms with E-state index in [0.717, 1.165) is 38.5 Å². The number of anilines is 1. The average molecular weight is 471 g/mol. The molecule has 1 saturated carbocycles. The molecule has 34 heavy (non-hydrogen) atoms. The number of aliphatic hydroxyl groups is 1. The van der Waals surface area contributed by atoms with E-state index in [1.807, 2.05) is 4.90 Å². The first-order valence-corrected chi connectivity index (χ1v) is 12.4. The zero-order valence-corrected chi connectivity index (χ0v) is 19.6. The molecular weight excluding hydrogens is 436 g/mol. The van der Waals surface area contributed by atoms with Gasteiger partial charge >= 0.3 is 0 Å². The summed E-state index contributed by atoms with van der Waals surface area (Å²) in [4.78, 5) is 43.1. The molecule has 2 aromatic rings. The molecule has 0 saturated heterocycles. The molecule has 1 aliphatic carbocycles. The second-order valence-corrected chi connectivity index (χ2v) is 9.17. The number of unbranched alkanes of at least 4 members (excludes halogenated alkanes) is 3. The number of carbonyl (C=O) groups excluding carboxylic acids is 2. The van der Waals surface area contributed by atoms with E-state index in [2.05, 4.69) is 10.3 Å². The van der Waals surface area contributed by atoms with Crippen LogP contribution in [0.15, 0.2) is 23.0 Å². The molecule has 1 aromatic heterocycles. The van der Waals surface area contributed by atoms with Gasteiger partial charge in [-0.1, -0.05) is 32.1 Å². The van der Waals surface area contributed by atoms with Crippen LogP contribution >= 0.6 is 0 Å². The first-order chi connectivity index (χ1) is 16.6. The number of aromatic nitrogens is 2. The number of ether oxygens (including phenoxy) is 1. The molecule has 0 spiro atoms. The van der Waals surface area contributed by atoms with Gasteiger partial charge in [0.15, 0.2) is 0 Å². The zero-order valence-electron chi connectivity index (χ0n) is 19.6. The fraction of sp³-hybridized carbons (Fsp3) is 0.600. The Morgan fingerprint density at radius 2 is 1.94 bits per heavy atom. The average Bonchev–Trinajstić information content (AvgIpc) is 3.23. The molecule has 0 bridgehead atoms. The molecule has 1 aromatic carbocycles. The van der Waals surface area contributed by atoms with Crippen molar-refractivity contribution in [3.05, 3.63) is 28.6 Å². The van der Waals surface area contributed by atoms with Gasteiger partial charge in [0.2, 0.25) is 17.8 Å². The zero-order chi connectivity index (χ0) is 23.9. The highest BCUT2D eigenvalue weighted by Crippen LogP contribution is 2.24. The van der Waals surface area contributed by atoms with Crippen LogP contribution in [-0.2, 0) is 16.1 Å². The maximum Gasteiger partial charge on any atom is 0.263 e. The van der Waals surface area contributed by atoms with Crippen LogP contribution in [0, 0.1) is 0 Å². The highest BCUT2D eigenvalue weighted by Gasteiger charge is 2.24. The fourth-order valence-corrected chi connectivity index (χ4v) is 4.92. The number of aliphatic hydroxyl groups excluding tert-OH is 1. The summed E-state index contributed by atoms with van der Waals surface area (Å²) < 4.78 is 7.16. The van der Waals surface area contributed by atoms with Gasteiger partial charge in [-0.25, -0.2) is 4.98 Å². The van der Waals surface area contributed by atoms with Gasteiger partial charge in [-0.05, 0) is 43.9 Å². The molecule has 2 heterocycles. The first kappa shape index (κ1) is 24.2. The predicted molar refractivity (Wildman–Crippen MR) is 129 cm³/mol. The topological polar surface area (TPSA) is 114 Å². The third-order valence-corrected chi connectivity index (χ3v) is 6.71. The lowest BCUT2D eigenvalue weighted by molar-refractivity contribution is -0.135. The summed E-state index contributed by atoms with van der Waals surface area (Å²) in [6.07, 6.45) is 9.81. The van der Waals surface area contributed by atoms with E-state index in [4.69, 9.17) is 4.74 Å². The second kappa shape index (κ2) is 11.5. The Hall–Kier alpha value is -2.94. The number of rotatable bonds is 11. The number of hydrogen-bond acceptors (Lipinski definition) is 6. The van der Waals surface area contributed by atoms with Crippen molar-refractivity contribution in [2.45, 2.75) is 76.8 Å². The van der Waals surface area contributed by atoms with Gasteiger partial charge in [0.25, 0.3) is 5.56 Å². The van der Waals surface area contributed by atoms with Crippen LogP contribution in [0.3, 0.4) is 0 Å². The summed E-state index contributed by atoms with van der Waals surface area (Å²) in [6, 6.07) is 5.49. The lowest BCUT2D eigenvalue weighted by Crippen LogP contribution is -2.43.